The van der Waals surface area contributed by atoms with Gasteiger partial charge >= 0.3 is 0 Å². The molecule has 1 aromatic rings. The van der Waals surface area contributed by atoms with Crippen molar-refractivity contribution in [2.45, 2.75) is 39.7 Å². The zero-order valence-electron chi connectivity index (χ0n) is 11.9. The van der Waals surface area contributed by atoms with Crippen molar-refractivity contribution in [3.63, 3.8) is 0 Å². The van der Waals surface area contributed by atoms with Gasteiger partial charge in [0.15, 0.2) is 5.13 Å². The summed E-state index contributed by atoms with van der Waals surface area (Å²) < 4.78 is 5.38. The first-order chi connectivity index (χ1) is 9.15. The fourth-order valence-corrected chi connectivity index (χ4v) is 3.20. The third kappa shape index (κ3) is 3.31. The van der Waals surface area contributed by atoms with Gasteiger partial charge in [-0.15, -0.1) is 12.4 Å². The number of ether oxygens (including phenoxy) is 1. The van der Waals surface area contributed by atoms with Crippen molar-refractivity contribution in [1.29, 1.82) is 0 Å². The Morgan fingerprint density at radius 3 is 2.75 bits per heavy atom. The fraction of sp³-hybridized carbons (Fsp3) is 0.692. The highest BCUT2D eigenvalue weighted by Gasteiger charge is 2.34. The molecule has 0 radical (unpaired) electrons. The highest BCUT2D eigenvalue weighted by molar-refractivity contribution is 7.15. The molecule has 7 heteroatoms. The number of carbonyl (C=O) groups excluding carboxylic acids is 1. The lowest BCUT2D eigenvalue weighted by Crippen LogP contribution is -2.41. The Morgan fingerprint density at radius 1 is 1.50 bits per heavy atom. The van der Waals surface area contributed by atoms with Gasteiger partial charge < -0.3 is 15.8 Å². The Bertz CT molecular complexity index is 429. The highest BCUT2D eigenvalue weighted by atomic mass is 35.5. The second kappa shape index (κ2) is 7.36. The van der Waals surface area contributed by atoms with E-state index in [1.165, 1.54) is 11.3 Å². The maximum Gasteiger partial charge on any atom is 0.233 e. The molecule has 2 rings (SSSR count). The van der Waals surface area contributed by atoms with Crippen LogP contribution in [0.25, 0.3) is 0 Å². The molecule has 1 aromatic heterocycles. The average Bonchev–Trinajstić information content (AvgIpc) is 2.83. The fourth-order valence-electron chi connectivity index (χ4n) is 2.26. The summed E-state index contributed by atoms with van der Waals surface area (Å²) in [7, 11) is 0. The summed E-state index contributed by atoms with van der Waals surface area (Å²) in [5.74, 6) is -0.0213. The second-order valence-corrected chi connectivity index (χ2v) is 5.92. The van der Waals surface area contributed by atoms with Crippen LogP contribution in [0.2, 0.25) is 0 Å². The van der Waals surface area contributed by atoms with E-state index in [9.17, 15) is 4.79 Å². The van der Waals surface area contributed by atoms with Crippen LogP contribution in [0.1, 0.15) is 37.3 Å². The molecule has 1 aliphatic heterocycles. The first-order valence-electron chi connectivity index (χ1n) is 6.73. The van der Waals surface area contributed by atoms with E-state index in [1.807, 2.05) is 13.8 Å². The molecule has 1 aliphatic rings. The van der Waals surface area contributed by atoms with Crippen LogP contribution in [-0.2, 0) is 22.6 Å². The Kier molecular flexibility index (Phi) is 6.39. The Hall–Kier alpha value is -0.690. The number of carbonyl (C=O) groups is 1. The number of halogens is 1. The molecule has 114 valence electrons. The molecule has 0 saturated heterocycles. The first kappa shape index (κ1) is 17.4. The van der Waals surface area contributed by atoms with Gasteiger partial charge in [0, 0.05) is 13.0 Å². The van der Waals surface area contributed by atoms with Crippen molar-refractivity contribution in [3.8, 4) is 0 Å². The molecule has 3 N–H and O–H groups in total. The summed E-state index contributed by atoms with van der Waals surface area (Å²) in [6.45, 7) is 5.67. The third-order valence-corrected chi connectivity index (χ3v) is 4.93. The Morgan fingerprint density at radius 2 is 2.20 bits per heavy atom. The zero-order valence-corrected chi connectivity index (χ0v) is 13.5. The van der Waals surface area contributed by atoms with E-state index in [0.717, 1.165) is 29.8 Å². The molecule has 20 heavy (non-hydrogen) atoms. The summed E-state index contributed by atoms with van der Waals surface area (Å²) >= 11 is 1.50. The normalized spacial score (nSPS) is 14.3. The molecular formula is C13H22ClN3O2S. The number of hydrogen-bond donors (Lipinski definition) is 2. The Labute approximate surface area is 129 Å². The third-order valence-electron chi connectivity index (χ3n) is 3.94. The number of nitrogens with zero attached hydrogens (tertiary/aromatic N) is 1. The second-order valence-electron chi connectivity index (χ2n) is 4.84. The van der Waals surface area contributed by atoms with Gasteiger partial charge in [-0.25, -0.2) is 4.98 Å². The molecule has 0 saturated carbocycles. The molecule has 1 amide bonds. The van der Waals surface area contributed by atoms with E-state index in [0.29, 0.717) is 24.9 Å². The minimum absolute atomic E-state index is 0. The molecule has 0 aliphatic carbocycles. The van der Waals surface area contributed by atoms with Crippen LogP contribution in [0.3, 0.4) is 0 Å². The predicted molar refractivity (Wildman–Crippen MR) is 83.4 cm³/mol. The number of aromatic nitrogens is 1. The first-order valence-corrected chi connectivity index (χ1v) is 7.54. The monoisotopic (exact) mass is 319 g/mol. The summed E-state index contributed by atoms with van der Waals surface area (Å²) in [6, 6.07) is 0. The molecule has 0 spiro atoms. The van der Waals surface area contributed by atoms with Gasteiger partial charge in [-0.3, -0.25) is 4.79 Å². The van der Waals surface area contributed by atoms with Crippen molar-refractivity contribution >= 4 is 34.8 Å². The molecule has 0 atom stereocenters. The number of nitrogens with two attached hydrogens (primary N) is 1. The topological polar surface area (TPSA) is 77.2 Å². The van der Waals surface area contributed by atoms with Crippen LogP contribution in [0.4, 0.5) is 5.13 Å². The number of rotatable bonds is 5. The molecule has 0 fully saturated rings. The average molecular weight is 320 g/mol. The van der Waals surface area contributed by atoms with Crippen LogP contribution < -0.4 is 11.1 Å². The lowest BCUT2D eigenvalue weighted by molar-refractivity contribution is -0.125. The zero-order chi connectivity index (χ0) is 13.9. The van der Waals surface area contributed by atoms with Crippen molar-refractivity contribution < 1.29 is 9.53 Å². The van der Waals surface area contributed by atoms with Crippen LogP contribution >= 0.6 is 23.7 Å². The van der Waals surface area contributed by atoms with Gasteiger partial charge in [0.2, 0.25) is 5.91 Å². The van der Waals surface area contributed by atoms with E-state index in [4.69, 9.17) is 10.5 Å². The predicted octanol–water partition coefficient (Wildman–Crippen LogP) is 2.34. The van der Waals surface area contributed by atoms with Gasteiger partial charge in [-0.2, -0.15) is 0 Å². The van der Waals surface area contributed by atoms with Gasteiger partial charge in [0.1, 0.15) is 0 Å². The van der Waals surface area contributed by atoms with Crippen molar-refractivity contribution in [2.24, 2.45) is 11.1 Å². The van der Waals surface area contributed by atoms with E-state index < -0.39 is 5.41 Å². The lowest BCUT2D eigenvalue weighted by atomic mass is 9.81. The summed E-state index contributed by atoms with van der Waals surface area (Å²) in [6.07, 6.45) is 2.30. The van der Waals surface area contributed by atoms with Crippen LogP contribution in [-0.4, -0.2) is 24.0 Å². The van der Waals surface area contributed by atoms with Gasteiger partial charge in [-0.05, 0) is 12.8 Å². The summed E-state index contributed by atoms with van der Waals surface area (Å²) in [5.41, 5.74) is 6.35. The number of thiazole rings is 1. The number of amides is 1. The molecular weight excluding hydrogens is 298 g/mol. The standard InChI is InChI=1S/C13H21N3O2S.ClH/c1-3-13(4-2,8-14)11(17)16-12-15-9-5-6-18-7-10(9)19-12;/h3-8,14H2,1-2H3,(H,15,16,17);1H. The molecule has 0 bridgehead atoms. The quantitative estimate of drug-likeness (QED) is 0.873. The Balaban J connectivity index is 0.00000200. The van der Waals surface area contributed by atoms with Crippen molar-refractivity contribution in [3.05, 3.63) is 10.6 Å². The van der Waals surface area contributed by atoms with Gasteiger partial charge in [-0.1, -0.05) is 25.2 Å². The smallest absolute Gasteiger partial charge is 0.233 e. The van der Waals surface area contributed by atoms with Crippen molar-refractivity contribution in [2.75, 3.05) is 18.5 Å². The molecule has 0 unspecified atom stereocenters. The molecule has 5 nitrogen and oxygen atoms in total. The summed E-state index contributed by atoms with van der Waals surface area (Å²) in [4.78, 5) is 18.0. The molecule has 0 aromatic carbocycles. The number of anilines is 1. The van der Waals surface area contributed by atoms with Gasteiger partial charge in [0.25, 0.3) is 0 Å². The molecule has 2 heterocycles. The highest BCUT2D eigenvalue weighted by Crippen LogP contribution is 2.30. The van der Waals surface area contributed by atoms with Crippen LogP contribution in [0.15, 0.2) is 0 Å². The van der Waals surface area contributed by atoms with Crippen LogP contribution in [0.5, 0.6) is 0 Å². The minimum atomic E-state index is -0.483. The summed E-state index contributed by atoms with van der Waals surface area (Å²) in [5, 5.41) is 3.59. The van der Waals surface area contributed by atoms with E-state index >= 15 is 0 Å². The van der Waals surface area contributed by atoms with E-state index in [-0.39, 0.29) is 18.3 Å². The number of fused-ring (bicyclic) bond motifs is 1. The SMILES string of the molecule is CCC(CC)(CN)C(=O)Nc1nc2c(s1)COCC2.Cl. The van der Waals surface area contributed by atoms with E-state index in [1.54, 1.807) is 0 Å². The van der Waals surface area contributed by atoms with Crippen molar-refractivity contribution in [1.82, 2.24) is 4.98 Å². The maximum absolute atomic E-state index is 12.4. The minimum Gasteiger partial charge on any atom is -0.375 e. The van der Waals surface area contributed by atoms with E-state index in [2.05, 4.69) is 10.3 Å². The number of nitrogens with one attached hydrogen (secondary N) is 1. The number of hydrogen-bond acceptors (Lipinski definition) is 5. The van der Waals surface area contributed by atoms with Gasteiger partial charge in [0.05, 0.1) is 29.2 Å². The maximum atomic E-state index is 12.4. The van der Waals surface area contributed by atoms with Crippen LogP contribution in [0, 0.1) is 5.41 Å². The lowest BCUT2D eigenvalue weighted by Gasteiger charge is -2.27. The largest absolute Gasteiger partial charge is 0.375 e.